The van der Waals surface area contributed by atoms with Gasteiger partial charge in [-0.1, -0.05) is 12.1 Å². The lowest BCUT2D eigenvalue weighted by atomic mass is 10.0. The molecule has 0 radical (unpaired) electrons. The molecule has 25 heavy (non-hydrogen) atoms. The van der Waals surface area contributed by atoms with Crippen LogP contribution >= 0.6 is 0 Å². The maximum absolute atomic E-state index is 13.3. The molecule has 0 spiro atoms. The van der Waals surface area contributed by atoms with Gasteiger partial charge in [0.1, 0.15) is 0 Å². The largest absolute Gasteiger partial charge is 0.586 e. The molecule has 2 aliphatic rings. The molecule has 1 saturated carbocycles. The second-order valence-electron chi connectivity index (χ2n) is 6.36. The Morgan fingerprint density at radius 1 is 1.32 bits per heavy atom. The van der Waals surface area contributed by atoms with Gasteiger partial charge in [0.2, 0.25) is 0 Å². The zero-order chi connectivity index (χ0) is 17.6. The van der Waals surface area contributed by atoms with E-state index in [9.17, 15) is 13.6 Å². The molecule has 0 unspecified atom stereocenters. The monoisotopic (exact) mass is 346 g/mol. The van der Waals surface area contributed by atoms with Gasteiger partial charge in [0.25, 0.3) is 5.91 Å². The van der Waals surface area contributed by atoms with Crippen LogP contribution in [0.1, 0.15) is 30.1 Å². The predicted octanol–water partition coefficient (Wildman–Crippen LogP) is 3.60. The number of hydrogen-bond acceptors (Lipinski definition) is 4. The van der Waals surface area contributed by atoms with Crippen LogP contribution in [0, 0.1) is 5.92 Å². The Kier molecular flexibility index (Phi) is 3.59. The summed E-state index contributed by atoms with van der Waals surface area (Å²) in [5.41, 5.74) is 1.27. The molecule has 1 aromatic carbocycles. The van der Waals surface area contributed by atoms with Crippen LogP contribution in [-0.2, 0) is 0 Å². The average molecular weight is 346 g/mol. The first-order valence-electron chi connectivity index (χ1n) is 8.08. The fraction of sp³-hybridized carbons (Fsp3) is 0.333. The quantitative estimate of drug-likeness (QED) is 0.919. The number of nitrogens with one attached hydrogen (secondary N) is 1. The molecule has 1 fully saturated rings. The molecule has 1 N–H and O–H groups in total. The van der Waals surface area contributed by atoms with Crippen molar-refractivity contribution in [2.24, 2.45) is 5.92 Å². The smallest absolute Gasteiger partial charge is 0.395 e. The molecule has 0 saturated heterocycles. The van der Waals surface area contributed by atoms with Gasteiger partial charge in [-0.05, 0) is 37.8 Å². The Balaban J connectivity index is 1.62. The minimum absolute atomic E-state index is 0.0419. The highest BCUT2D eigenvalue weighted by molar-refractivity contribution is 5.95. The van der Waals surface area contributed by atoms with E-state index in [-0.39, 0.29) is 23.4 Å². The third-order valence-electron chi connectivity index (χ3n) is 4.43. The summed E-state index contributed by atoms with van der Waals surface area (Å²) in [5.74, 6) is 0.201. The second-order valence-corrected chi connectivity index (χ2v) is 6.36. The fourth-order valence-electron chi connectivity index (χ4n) is 2.91. The van der Waals surface area contributed by atoms with Crippen LogP contribution in [0.15, 0.2) is 36.7 Å². The summed E-state index contributed by atoms with van der Waals surface area (Å²) in [6.07, 6.45) is 1.51. The van der Waals surface area contributed by atoms with E-state index in [1.54, 1.807) is 18.2 Å². The average Bonchev–Trinajstić information content (AvgIpc) is 3.36. The molecule has 1 amide bonds. The van der Waals surface area contributed by atoms with Crippen LogP contribution in [0.25, 0.3) is 11.1 Å². The zero-order valence-corrected chi connectivity index (χ0v) is 13.5. The zero-order valence-electron chi connectivity index (χ0n) is 13.5. The summed E-state index contributed by atoms with van der Waals surface area (Å²) in [5, 5.41) is 2.95. The summed E-state index contributed by atoms with van der Waals surface area (Å²) >= 11 is 0. The number of carbonyl (C=O) groups excluding carboxylic acids is 1. The lowest BCUT2D eigenvalue weighted by Gasteiger charge is -2.13. The number of aromatic nitrogens is 1. The van der Waals surface area contributed by atoms with E-state index in [1.165, 1.54) is 18.5 Å². The van der Waals surface area contributed by atoms with Crippen molar-refractivity contribution in [1.29, 1.82) is 0 Å². The summed E-state index contributed by atoms with van der Waals surface area (Å²) in [6, 6.07) is 6.32. The molecule has 2 heterocycles. The van der Waals surface area contributed by atoms with E-state index in [0.717, 1.165) is 12.8 Å². The first-order chi connectivity index (χ1) is 11.9. The lowest BCUT2D eigenvalue weighted by molar-refractivity contribution is -0.286. The van der Waals surface area contributed by atoms with E-state index in [2.05, 4.69) is 19.8 Å². The van der Waals surface area contributed by atoms with Crippen LogP contribution in [0.2, 0.25) is 0 Å². The van der Waals surface area contributed by atoms with Crippen LogP contribution in [0.4, 0.5) is 8.78 Å². The van der Waals surface area contributed by atoms with Gasteiger partial charge in [0, 0.05) is 29.6 Å². The molecule has 1 aromatic heterocycles. The summed E-state index contributed by atoms with van der Waals surface area (Å²) < 4.78 is 35.7. The van der Waals surface area contributed by atoms with Gasteiger partial charge < -0.3 is 14.8 Å². The maximum atomic E-state index is 13.3. The van der Waals surface area contributed by atoms with Crippen LogP contribution in [0.3, 0.4) is 0 Å². The van der Waals surface area contributed by atoms with Crippen molar-refractivity contribution < 1.29 is 23.0 Å². The van der Waals surface area contributed by atoms with E-state index >= 15 is 0 Å². The van der Waals surface area contributed by atoms with Gasteiger partial charge in [-0.15, -0.1) is 8.78 Å². The number of carbonyl (C=O) groups is 1. The Labute approximate surface area is 143 Å². The van der Waals surface area contributed by atoms with E-state index in [0.29, 0.717) is 22.6 Å². The number of pyridine rings is 1. The highest BCUT2D eigenvalue weighted by atomic mass is 19.3. The normalized spacial score (nSPS) is 18.7. The standard InChI is InChI=1S/C18H16F2N2O3/c1-10(11-5-6-11)22-17(23)13-7-12(8-21-9-13)14-3-2-4-15-16(14)25-18(19,20)24-15/h2-4,7-11H,5-6H2,1H3,(H,22,23)/t10-/m0/s1. The van der Waals surface area contributed by atoms with Crippen molar-refractivity contribution in [3.8, 4) is 22.6 Å². The van der Waals surface area contributed by atoms with Gasteiger partial charge in [-0.25, -0.2) is 0 Å². The maximum Gasteiger partial charge on any atom is 0.586 e. The number of para-hydroxylation sites is 1. The number of alkyl halides is 2. The number of benzene rings is 1. The second kappa shape index (κ2) is 5.68. The highest BCUT2D eigenvalue weighted by Crippen LogP contribution is 2.46. The minimum Gasteiger partial charge on any atom is -0.395 e. The van der Waals surface area contributed by atoms with Gasteiger partial charge in [0.05, 0.1) is 5.56 Å². The van der Waals surface area contributed by atoms with E-state index < -0.39 is 6.29 Å². The fourth-order valence-corrected chi connectivity index (χ4v) is 2.91. The van der Waals surface area contributed by atoms with Crippen molar-refractivity contribution >= 4 is 5.91 Å². The van der Waals surface area contributed by atoms with Crippen LogP contribution in [0.5, 0.6) is 11.5 Å². The topological polar surface area (TPSA) is 60.5 Å². The van der Waals surface area contributed by atoms with Crippen LogP contribution in [-0.4, -0.2) is 23.2 Å². The van der Waals surface area contributed by atoms with Crippen molar-refractivity contribution in [3.63, 3.8) is 0 Å². The number of hydrogen-bond donors (Lipinski definition) is 1. The number of nitrogens with zero attached hydrogens (tertiary/aromatic N) is 1. The molecule has 2 aromatic rings. The van der Waals surface area contributed by atoms with Gasteiger partial charge in [-0.2, -0.15) is 0 Å². The summed E-state index contributed by atoms with van der Waals surface area (Å²) in [7, 11) is 0. The Hall–Kier alpha value is -2.70. The number of rotatable bonds is 4. The molecule has 1 atom stereocenters. The lowest BCUT2D eigenvalue weighted by Crippen LogP contribution is -2.34. The third-order valence-corrected chi connectivity index (χ3v) is 4.43. The van der Waals surface area contributed by atoms with Gasteiger partial charge in [-0.3, -0.25) is 9.78 Å². The molecule has 0 bridgehead atoms. The SMILES string of the molecule is C[C@H](NC(=O)c1cncc(-c2cccc3c2OC(F)(F)O3)c1)C1CC1. The number of halogens is 2. The minimum atomic E-state index is -3.69. The number of fused-ring (bicyclic) bond motifs is 1. The molecule has 1 aliphatic heterocycles. The Bertz CT molecular complexity index is 837. The molecule has 4 rings (SSSR count). The molecule has 1 aliphatic carbocycles. The third kappa shape index (κ3) is 3.14. The van der Waals surface area contributed by atoms with Gasteiger partial charge in [0.15, 0.2) is 11.5 Å². The molecule has 130 valence electrons. The Morgan fingerprint density at radius 2 is 2.12 bits per heavy atom. The van der Waals surface area contributed by atoms with E-state index in [4.69, 9.17) is 0 Å². The number of ether oxygens (including phenoxy) is 2. The van der Waals surface area contributed by atoms with Crippen molar-refractivity contribution in [1.82, 2.24) is 10.3 Å². The van der Waals surface area contributed by atoms with Crippen molar-refractivity contribution in [3.05, 3.63) is 42.2 Å². The number of amides is 1. The summed E-state index contributed by atoms with van der Waals surface area (Å²) in [4.78, 5) is 16.4. The predicted molar refractivity (Wildman–Crippen MR) is 85.5 cm³/mol. The first kappa shape index (κ1) is 15.8. The summed E-state index contributed by atoms with van der Waals surface area (Å²) in [6.45, 7) is 1.98. The molecular formula is C18H16F2N2O3. The molecular weight excluding hydrogens is 330 g/mol. The van der Waals surface area contributed by atoms with Crippen molar-refractivity contribution in [2.45, 2.75) is 32.1 Å². The van der Waals surface area contributed by atoms with Crippen LogP contribution < -0.4 is 14.8 Å². The molecule has 5 nitrogen and oxygen atoms in total. The first-order valence-corrected chi connectivity index (χ1v) is 8.08. The highest BCUT2D eigenvalue weighted by Gasteiger charge is 2.44. The van der Waals surface area contributed by atoms with E-state index in [1.807, 2.05) is 6.92 Å². The molecule has 7 heteroatoms. The van der Waals surface area contributed by atoms with Gasteiger partial charge >= 0.3 is 6.29 Å². The van der Waals surface area contributed by atoms with Crippen molar-refractivity contribution in [2.75, 3.05) is 0 Å². The Morgan fingerprint density at radius 3 is 2.88 bits per heavy atom.